The molecule has 0 aliphatic carbocycles. The zero-order valence-corrected chi connectivity index (χ0v) is 14.7. The van der Waals surface area contributed by atoms with Crippen molar-refractivity contribution in [1.82, 2.24) is 15.5 Å². The number of carbonyl (C=O) groups is 1. The second-order valence-corrected chi connectivity index (χ2v) is 6.75. The zero-order chi connectivity index (χ0) is 16.9. The van der Waals surface area contributed by atoms with Crippen molar-refractivity contribution < 1.29 is 4.79 Å². The molecule has 0 aliphatic heterocycles. The molecular formula is C19H21N3OS. The van der Waals surface area contributed by atoms with Crippen LogP contribution in [0.4, 0.5) is 0 Å². The van der Waals surface area contributed by atoms with E-state index in [1.165, 1.54) is 4.88 Å². The Balaban J connectivity index is 1.81. The fourth-order valence-corrected chi connectivity index (χ4v) is 3.60. The predicted molar refractivity (Wildman–Crippen MR) is 98.2 cm³/mol. The summed E-state index contributed by atoms with van der Waals surface area (Å²) in [6, 6.07) is 14.0. The predicted octanol–water partition coefficient (Wildman–Crippen LogP) is 4.72. The van der Waals surface area contributed by atoms with E-state index in [-0.39, 0.29) is 11.9 Å². The summed E-state index contributed by atoms with van der Waals surface area (Å²) in [7, 11) is 0. The van der Waals surface area contributed by atoms with E-state index in [1.807, 2.05) is 48.7 Å². The largest absolute Gasteiger partial charge is 0.343 e. The summed E-state index contributed by atoms with van der Waals surface area (Å²) < 4.78 is 0. The number of aromatic nitrogens is 2. The molecule has 5 heteroatoms. The monoisotopic (exact) mass is 339 g/mol. The molecule has 2 aromatic heterocycles. The van der Waals surface area contributed by atoms with Crippen LogP contribution in [0.3, 0.4) is 0 Å². The lowest BCUT2D eigenvalue weighted by Crippen LogP contribution is -2.28. The van der Waals surface area contributed by atoms with Crippen molar-refractivity contribution in [3.63, 3.8) is 0 Å². The molecule has 0 bridgehead atoms. The SMILES string of the molecule is CCCC(NC(=O)c1[nH]nc(-c2ccccc2)c1C)c1cccs1. The molecule has 2 N–H and O–H groups in total. The Bertz CT molecular complexity index is 793. The molecule has 124 valence electrons. The lowest BCUT2D eigenvalue weighted by molar-refractivity contribution is 0.0929. The highest BCUT2D eigenvalue weighted by atomic mass is 32.1. The second kappa shape index (κ2) is 7.45. The summed E-state index contributed by atoms with van der Waals surface area (Å²) in [5.41, 5.74) is 3.24. The van der Waals surface area contributed by atoms with Crippen molar-refractivity contribution in [2.24, 2.45) is 0 Å². The molecule has 1 amide bonds. The number of hydrogen-bond donors (Lipinski definition) is 2. The van der Waals surface area contributed by atoms with E-state index in [4.69, 9.17) is 0 Å². The number of rotatable bonds is 6. The Hall–Kier alpha value is -2.40. The molecule has 4 nitrogen and oxygen atoms in total. The van der Waals surface area contributed by atoms with Crippen molar-refractivity contribution in [2.75, 3.05) is 0 Å². The molecule has 2 heterocycles. The maximum Gasteiger partial charge on any atom is 0.270 e. The van der Waals surface area contributed by atoms with Crippen molar-refractivity contribution in [3.8, 4) is 11.3 Å². The molecular weight excluding hydrogens is 318 g/mol. The molecule has 1 atom stereocenters. The first-order valence-electron chi connectivity index (χ1n) is 8.15. The van der Waals surface area contributed by atoms with Gasteiger partial charge in [0.05, 0.1) is 11.7 Å². The van der Waals surface area contributed by atoms with Gasteiger partial charge in [-0.25, -0.2) is 0 Å². The molecule has 0 saturated heterocycles. The average molecular weight is 339 g/mol. The van der Waals surface area contributed by atoms with E-state index < -0.39 is 0 Å². The maximum atomic E-state index is 12.7. The third kappa shape index (κ3) is 3.41. The molecule has 24 heavy (non-hydrogen) atoms. The number of H-pyrrole nitrogens is 1. The molecule has 0 aliphatic rings. The topological polar surface area (TPSA) is 57.8 Å². The van der Waals surface area contributed by atoms with Gasteiger partial charge < -0.3 is 5.32 Å². The summed E-state index contributed by atoms with van der Waals surface area (Å²) in [5, 5.41) is 12.4. The number of nitrogens with one attached hydrogen (secondary N) is 2. The first-order chi connectivity index (χ1) is 11.7. The highest BCUT2D eigenvalue weighted by molar-refractivity contribution is 7.10. The van der Waals surface area contributed by atoms with E-state index in [1.54, 1.807) is 11.3 Å². The fraction of sp³-hybridized carbons (Fsp3) is 0.263. The van der Waals surface area contributed by atoms with Gasteiger partial charge in [0.25, 0.3) is 5.91 Å². The van der Waals surface area contributed by atoms with Crippen molar-refractivity contribution in [2.45, 2.75) is 32.7 Å². The standard InChI is InChI=1S/C19H21N3OS/c1-3-8-15(16-11-7-12-24-16)20-19(23)18-13(2)17(21-22-18)14-9-5-4-6-10-14/h4-7,9-12,15H,3,8H2,1-2H3,(H,20,23)(H,21,22). The van der Waals surface area contributed by atoms with Gasteiger partial charge in [-0.1, -0.05) is 49.7 Å². The summed E-state index contributed by atoms with van der Waals surface area (Å²) >= 11 is 1.67. The Labute approximate surface area is 145 Å². The zero-order valence-electron chi connectivity index (χ0n) is 13.9. The lowest BCUT2D eigenvalue weighted by atomic mass is 10.1. The van der Waals surface area contributed by atoms with Crippen LogP contribution in [0, 0.1) is 6.92 Å². The van der Waals surface area contributed by atoms with Gasteiger partial charge in [0.15, 0.2) is 0 Å². The van der Waals surface area contributed by atoms with E-state index >= 15 is 0 Å². The number of benzene rings is 1. The first kappa shape index (κ1) is 16.5. The average Bonchev–Trinajstić information content (AvgIpc) is 3.25. The van der Waals surface area contributed by atoms with Crippen LogP contribution in [-0.2, 0) is 0 Å². The van der Waals surface area contributed by atoms with Crippen LogP contribution >= 0.6 is 11.3 Å². The van der Waals surface area contributed by atoms with Crippen LogP contribution in [0.15, 0.2) is 47.8 Å². The summed E-state index contributed by atoms with van der Waals surface area (Å²) in [6.07, 6.45) is 1.94. The minimum atomic E-state index is -0.103. The summed E-state index contributed by atoms with van der Waals surface area (Å²) in [6.45, 7) is 4.06. The first-order valence-corrected chi connectivity index (χ1v) is 9.03. The molecule has 0 radical (unpaired) electrons. The minimum Gasteiger partial charge on any atom is -0.343 e. The second-order valence-electron chi connectivity index (χ2n) is 5.77. The highest BCUT2D eigenvalue weighted by Gasteiger charge is 2.20. The fourth-order valence-electron chi connectivity index (χ4n) is 2.79. The maximum absolute atomic E-state index is 12.7. The van der Waals surface area contributed by atoms with Crippen molar-refractivity contribution in [1.29, 1.82) is 0 Å². The molecule has 3 rings (SSSR count). The van der Waals surface area contributed by atoms with E-state index in [9.17, 15) is 4.79 Å². The molecule has 3 aromatic rings. The van der Waals surface area contributed by atoms with Crippen LogP contribution in [0.25, 0.3) is 11.3 Å². The van der Waals surface area contributed by atoms with E-state index in [0.717, 1.165) is 29.7 Å². The number of carbonyl (C=O) groups excluding carboxylic acids is 1. The van der Waals surface area contributed by atoms with Gasteiger partial charge in [0.1, 0.15) is 5.69 Å². The number of thiophene rings is 1. The normalized spacial score (nSPS) is 12.1. The van der Waals surface area contributed by atoms with Crippen LogP contribution in [-0.4, -0.2) is 16.1 Å². The molecule has 1 unspecified atom stereocenters. The molecule has 0 saturated carbocycles. The van der Waals surface area contributed by atoms with Gasteiger partial charge in [0, 0.05) is 16.0 Å². The Kier molecular flexibility index (Phi) is 5.11. The molecule has 0 fully saturated rings. The van der Waals surface area contributed by atoms with Crippen LogP contribution in [0.5, 0.6) is 0 Å². The van der Waals surface area contributed by atoms with E-state index in [2.05, 4.69) is 28.5 Å². The van der Waals surface area contributed by atoms with Crippen LogP contribution in [0.1, 0.15) is 46.7 Å². The van der Waals surface area contributed by atoms with Gasteiger partial charge >= 0.3 is 0 Å². The lowest BCUT2D eigenvalue weighted by Gasteiger charge is -2.16. The summed E-state index contributed by atoms with van der Waals surface area (Å²) in [4.78, 5) is 13.9. The molecule has 1 aromatic carbocycles. The van der Waals surface area contributed by atoms with Crippen molar-refractivity contribution in [3.05, 3.63) is 64.0 Å². The third-order valence-corrected chi connectivity index (χ3v) is 5.04. The van der Waals surface area contributed by atoms with Gasteiger partial charge in [-0.05, 0) is 24.8 Å². The van der Waals surface area contributed by atoms with Crippen LogP contribution < -0.4 is 5.32 Å². The number of nitrogens with zero attached hydrogens (tertiary/aromatic N) is 1. The quantitative estimate of drug-likeness (QED) is 0.683. The van der Waals surface area contributed by atoms with E-state index in [0.29, 0.717) is 5.69 Å². The Morgan fingerprint density at radius 2 is 2.04 bits per heavy atom. The summed E-state index contributed by atoms with van der Waals surface area (Å²) in [5.74, 6) is -0.103. The number of hydrogen-bond acceptors (Lipinski definition) is 3. The number of aromatic amines is 1. The smallest absolute Gasteiger partial charge is 0.270 e. The van der Waals surface area contributed by atoms with Crippen molar-refractivity contribution >= 4 is 17.2 Å². The van der Waals surface area contributed by atoms with Crippen LogP contribution in [0.2, 0.25) is 0 Å². The highest BCUT2D eigenvalue weighted by Crippen LogP contribution is 2.26. The Morgan fingerprint density at radius 3 is 2.71 bits per heavy atom. The number of amides is 1. The van der Waals surface area contributed by atoms with Gasteiger partial charge in [-0.2, -0.15) is 5.10 Å². The molecule has 0 spiro atoms. The van der Waals surface area contributed by atoms with Gasteiger partial charge in [0.2, 0.25) is 0 Å². The third-order valence-electron chi connectivity index (χ3n) is 4.05. The van der Waals surface area contributed by atoms with Gasteiger partial charge in [-0.3, -0.25) is 9.89 Å². The minimum absolute atomic E-state index is 0.0466. The van der Waals surface area contributed by atoms with Gasteiger partial charge in [-0.15, -0.1) is 11.3 Å². The Morgan fingerprint density at radius 1 is 1.25 bits per heavy atom.